The van der Waals surface area contributed by atoms with Crippen molar-refractivity contribution in [1.82, 2.24) is 0 Å². The highest BCUT2D eigenvalue weighted by Crippen LogP contribution is 2.38. The molecule has 0 unspecified atom stereocenters. The lowest BCUT2D eigenvalue weighted by Crippen LogP contribution is -2.46. The van der Waals surface area contributed by atoms with Gasteiger partial charge in [0.05, 0.1) is 0 Å². The number of rotatable bonds is 7. The average molecular weight is 270 g/mol. The van der Waals surface area contributed by atoms with Gasteiger partial charge < -0.3 is 9.53 Å². The molecule has 0 saturated carbocycles. The van der Waals surface area contributed by atoms with Gasteiger partial charge in [-0.15, -0.1) is 12.3 Å². The predicted molar refractivity (Wildman–Crippen MR) is 81.0 cm³/mol. The number of aliphatic hydroxyl groups is 1. The molecule has 0 aromatic heterocycles. The summed E-state index contributed by atoms with van der Waals surface area (Å²) < 4.78 is 6.41. The zero-order chi connectivity index (χ0) is 14.4. The van der Waals surface area contributed by atoms with E-state index >= 15 is 0 Å². The van der Waals surface area contributed by atoms with Crippen molar-refractivity contribution in [2.24, 2.45) is 5.92 Å². The maximum atomic E-state index is 9.36. The molecule has 0 aliphatic rings. The zero-order valence-electron chi connectivity index (χ0n) is 12.9. The van der Waals surface area contributed by atoms with Crippen molar-refractivity contribution in [3.05, 3.63) is 0 Å². The maximum Gasteiger partial charge on any atom is 0.192 e. The summed E-state index contributed by atoms with van der Waals surface area (Å²) in [6.07, 6.45) is 8.12. The third-order valence-electron chi connectivity index (χ3n) is 3.98. The van der Waals surface area contributed by atoms with Crippen LogP contribution in [0.4, 0.5) is 0 Å². The van der Waals surface area contributed by atoms with Crippen LogP contribution in [0, 0.1) is 18.3 Å². The van der Waals surface area contributed by atoms with E-state index in [0.717, 1.165) is 19.3 Å². The molecule has 0 bridgehead atoms. The van der Waals surface area contributed by atoms with E-state index in [2.05, 4.69) is 39.8 Å². The molecule has 1 N–H and O–H groups in total. The van der Waals surface area contributed by atoms with Crippen molar-refractivity contribution >= 4 is 8.32 Å². The normalized spacial score (nSPS) is 16.1. The van der Waals surface area contributed by atoms with Crippen molar-refractivity contribution < 1.29 is 9.53 Å². The van der Waals surface area contributed by atoms with Crippen LogP contribution in [0.2, 0.25) is 18.1 Å². The first-order valence-electron chi connectivity index (χ1n) is 6.88. The fourth-order valence-corrected chi connectivity index (χ4v) is 3.00. The highest BCUT2D eigenvalue weighted by molar-refractivity contribution is 6.74. The Balaban J connectivity index is 4.64. The van der Waals surface area contributed by atoms with Crippen LogP contribution < -0.4 is 0 Å². The van der Waals surface area contributed by atoms with Crippen LogP contribution in [0.15, 0.2) is 0 Å². The van der Waals surface area contributed by atoms with Gasteiger partial charge in [0.25, 0.3) is 0 Å². The molecule has 0 spiro atoms. The largest absolute Gasteiger partial charge is 0.414 e. The van der Waals surface area contributed by atoms with Crippen LogP contribution in [0.5, 0.6) is 0 Å². The highest BCUT2D eigenvalue weighted by atomic mass is 28.4. The quantitative estimate of drug-likeness (QED) is 0.433. The molecule has 0 aromatic carbocycles. The Morgan fingerprint density at radius 1 is 1.33 bits per heavy atom. The summed E-state index contributed by atoms with van der Waals surface area (Å²) in [4.78, 5) is 0. The first-order chi connectivity index (χ1) is 8.15. The van der Waals surface area contributed by atoms with E-state index in [1.807, 2.05) is 6.92 Å². The van der Waals surface area contributed by atoms with Gasteiger partial charge in [-0.25, -0.2) is 0 Å². The molecule has 3 heteroatoms. The molecule has 2 nitrogen and oxygen atoms in total. The van der Waals surface area contributed by atoms with Crippen molar-refractivity contribution in [2.45, 2.75) is 71.2 Å². The molecular weight excluding hydrogens is 240 g/mol. The van der Waals surface area contributed by atoms with Gasteiger partial charge in [0, 0.05) is 25.0 Å². The average Bonchev–Trinajstić information content (AvgIpc) is 2.25. The smallest absolute Gasteiger partial charge is 0.192 e. The summed E-state index contributed by atoms with van der Waals surface area (Å²) in [7, 11) is -1.77. The summed E-state index contributed by atoms with van der Waals surface area (Å²) in [5.74, 6) is 2.84. The molecule has 0 aliphatic carbocycles. The summed E-state index contributed by atoms with van der Waals surface area (Å²) >= 11 is 0. The SMILES string of the molecule is C#CCCC[C@@H](O[Si](C)(C)C(C)(C)C)[C@@H](C)CO. The van der Waals surface area contributed by atoms with Crippen LogP contribution in [-0.4, -0.2) is 26.1 Å². The Morgan fingerprint density at radius 3 is 2.28 bits per heavy atom. The Morgan fingerprint density at radius 2 is 1.89 bits per heavy atom. The molecule has 0 rings (SSSR count). The van der Waals surface area contributed by atoms with Crippen LogP contribution in [0.3, 0.4) is 0 Å². The van der Waals surface area contributed by atoms with Gasteiger partial charge in [0.1, 0.15) is 0 Å². The van der Waals surface area contributed by atoms with E-state index < -0.39 is 8.32 Å². The molecule has 0 amide bonds. The third-order valence-corrected chi connectivity index (χ3v) is 8.49. The van der Waals surface area contributed by atoms with Gasteiger partial charge >= 0.3 is 0 Å². The molecule has 0 saturated heterocycles. The van der Waals surface area contributed by atoms with E-state index in [4.69, 9.17) is 10.8 Å². The van der Waals surface area contributed by atoms with Gasteiger partial charge in [0.2, 0.25) is 0 Å². The first-order valence-corrected chi connectivity index (χ1v) is 9.78. The fourth-order valence-electron chi connectivity index (χ4n) is 1.54. The maximum absolute atomic E-state index is 9.36. The van der Waals surface area contributed by atoms with Crippen LogP contribution in [0.1, 0.15) is 47.0 Å². The van der Waals surface area contributed by atoms with Gasteiger partial charge in [-0.2, -0.15) is 0 Å². The van der Waals surface area contributed by atoms with E-state index in [9.17, 15) is 5.11 Å². The molecule has 0 fully saturated rings. The molecule has 18 heavy (non-hydrogen) atoms. The van der Waals surface area contributed by atoms with Crippen LogP contribution in [0.25, 0.3) is 0 Å². The Labute approximate surface area is 114 Å². The summed E-state index contributed by atoms with van der Waals surface area (Å²) in [5, 5.41) is 9.56. The minimum absolute atomic E-state index is 0.129. The zero-order valence-corrected chi connectivity index (χ0v) is 13.9. The van der Waals surface area contributed by atoms with E-state index in [1.165, 1.54) is 0 Å². The summed E-state index contributed by atoms with van der Waals surface area (Å²) in [6, 6.07) is 0. The lowest BCUT2D eigenvalue weighted by Gasteiger charge is -2.40. The second-order valence-corrected chi connectivity index (χ2v) is 11.4. The van der Waals surface area contributed by atoms with E-state index in [1.54, 1.807) is 0 Å². The van der Waals surface area contributed by atoms with Crippen LogP contribution in [-0.2, 0) is 4.43 Å². The molecule has 2 atom stereocenters. The van der Waals surface area contributed by atoms with Crippen LogP contribution >= 0.6 is 0 Å². The number of unbranched alkanes of at least 4 members (excludes halogenated alkanes) is 1. The second kappa shape index (κ2) is 7.33. The molecule has 0 aromatic rings. The highest BCUT2D eigenvalue weighted by Gasteiger charge is 2.39. The second-order valence-electron chi connectivity index (χ2n) is 6.67. The van der Waals surface area contributed by atoms with Gasteiger partial charge in [-0.1, -0.05) is 27.7 Å². The topological polar surface area (TPSA) is 29.5 Å². The lowest BCUT2D eigenvalue weighted by molar-refractivity contribution is 0.0773. The predicted octanol–water partition coefficient (Wildman–Crippen LogP) is 3.81. The lowest BCUT2D eigenvalue weighted by atomic mass is 10.0. The Bertz CT molecular complexity index is 273. The van der Waals surface area contributed by atoms with Gasteiger partial charge in [0.15, 0.2) is 8.32 Å². The van der Waals surface area contributed by atoms with Gasteiger partial charge in [-0.3, -0.25) is 0 Å². The Kier molecular flexibility index (Phi) is 7.20. The number of terminal acetylenes is 1. The molecule has 0 heterocycles. The number of hydrogen-bond donors (Lipinski definition) is 1. The van der Waals surface area contributed by atoms with Gasteiger partial charge in [-0.05, 0) is 31.0 Å². The molecule has 106 valence electrons. The minimum Gasteiger partial charge on any atom is -0.414 e. The van der Waals surface area contributed by atoms with E-state index in [-0.39, 0.29) is 23.7 Å². The standard InChI is InChI=1S/C15H30O2Si/c1-8-9-10-11-14(13(2)12-16)17-18(6,7)15(3,4)5/h1,13-14,16H,9-12H2,2-7H3/t13-,14+/m0/s1. The monoisotopic (exact) mass is 270 g/mol. The number of hydrogen-bond acceptors (Lipinski definition) is 2. The fraction of sp³-hybridized carbons (Fsp3) is 0.867. The molecule has 0 aliphatic heterocycles. The van der Waals surface area contributed by atoms with Crippen molar-refractivity contribution in [3.63, 3.8) is 0 Å². The van der Waals surface area contributed by atoms with Crippen molar-refractivity contribution in [1.29, 1.82) is 0 Å². The van der Waals surface area contributed by atoms with Crippen molar-refractivity contribution in [2.75, 3.05) is 6.61 Å². The summed E-state index contributed by atoms with van der Waals surface area (Å²) in [6.45, 7) is 13.4. The molecular formula is C15H30O2Si. The minimum atomic E-state index is -1.77. The van der Waals surface area contributed by atoms with Crippen molar-refractivity contribution in [3.8, 4) is 12.3 Å². The Hall–Kier alpha value is -0.303. The summed E-state index contributed by atoms with van der Waals surface area (Å²) in [5.41, 5.74) is 0. The van der Waals surface area contributed by atoms with E-state index in [0.29, 0.717) is 0 Å². The third kappa shape index (κ3) is 5.56. The first kappa shape index (κ1) is 17.7. The number of aliphatic hydroxyl groups excluding tert-OH is 1. The molecule has 0 radical (unpaired) electrons.